The number of nitrogens with one attached hydrogen (secondary N) is 1. The van der Waals surface area contributed by atoms with Crippen molar-refractivity contribution >= 4 is 5.91 Å². The number of amides is 1. The van der Waals surface area contributed by atoms with E-state index in [2.05, 4.69) is 5.43 Å². The minimum atomic E-state index is -4.54. The second kappa shape index (κ2) is 5.79. The van der Waals surface area contributed by atoms with E-state index >= 15 is 0 Å². The molecule has 0 aliphatic carbocycles. The van der Waals surface area contributed by atoms with Crippen LogP contribution in [0.3, 0.4) is 0 Å². The molecular weight excluding hydrogens is 297 g/mol. The maximum absolute atomic E-state index is 13.6. The first-order valence-electron chi connectivity index (χ1n) is 7.03. The van der Waals surface area contributed by atoms with E-state index in [1.807, 2.05) is 0 Å². The van der Waals surface area contributed by atoms with Crippen LogP contribution >= 0.6 is 0 Å². The van der Waals surface area contributed by atoms with E-state index in [-0.39, 0.29) is 24.5 Å². The fourth-order valence-electron chi connectivity index (χ4n) is 2.49. The first-order valence-corrected chi connectivity index (χ1v) is 7.03. The van der Waals surface area contributed by atoms with Crippen molar-refractivity contribution < 1.29 is 22.7 Å². The smallest absolute Gasteiger partial charge is 0.410 e. The Bertz CT molecular complexity index is 558. The molecule has 122 valence electrons. The van der Waals surface area contributed by atoms with Crippen molar-refractivity contribution in [1.82, 2.24) is 10.4 Å². The Labute approximate surface area is 127 Å². The quantitative estimate of drug-likeness (QED) is 0.928. The lowest BCUT2D eigenvalue weighted by molar-refractivity contribution is -0.192. The molecule has 1 aromatic carbocycles. The molecule has 0 spiro atoms. The summed E-state index contributed by atoms with van der Waals surface area (Å²) in [4.78, 5) is 11.8. The van der Waals surface area contributed by atoms with Crippen molar-refractivity contribution in [2.45, 2.75) is 33.0 Å². The Morgan fingerprint density at radius 2 is 2.00 bits per heavy atom. The Morgan fingerprint density at radius 3 is 2.50 bits per heavy atom. The number of alkyl halides is 3. The molecule has 1 atom stereocenters. The van der Waals surface area contributed by atoms with Gasteiger partial charge in [0.05, 0.1) is 12.0 Å². The molecule has 1 aliphatic heterocycles. The minimum absolute atomic E-state index is 0.00477. The van der Waals surface area contributed by atoms with Crippen molar-refractivity contribution in [3.05, 3.63) is 29.8 Å². The molecule has 1 amide bonds. The summed E-state index contributed by atoms with van der Waals surface area (Å²) in [5.74, 6) is -0.248. The molecule has 0 bridgehead atoms. The van der Waals surface area contributed by atoms with Gasteiger partial charge in [0.2, 0.25) is 5.91 Å². The lowest BCUT2D eigenvalue weighted by atomic mass is 9.93. The minimum Gasteiger partial charge on any atom is -0.494 e. The molecule has 1 aromatic rings. The number of carbonyl (C=O) groups excluding carboxylic acids is 1. The van der Waals surface area contributed by atoms with Gasteiger partial charge in [0, 0.05) is 12.1 Å². The van der Waals surface area contributed by atoms with Crippen molar-refractivity contribution in [3.8, 4) is 5.75 Å². The molecule has 0 saturated carbocycles. The fourth-order valence-corrected chi connectivity index (χ4v) is 2.49. The van der Waals surface area contributed by atoms with Crippen molar-refractivity contribution in [2.24, 2.45) is 5.41 Å². The average molecular weight is 316 g/mol. The number of para-hydroxylation sites is 1. The number of rotatable bonds is 4. The van der Waals surface area contributed by atoms with Gasteiger partial charge in [0.1, 0.15) is 5.75 Å². The Hall–Kier alpha value is -1.76. The lowest BCUT2D eigenvalue weighted by Crippen LogP contribution is -2.43. The standard InChI is InChI=1S/C15H19F3N2O2/c1-4-22-11-8-6-5-7-10(11)12(15(16,17)18)20-9-14(2,3)13(21)19-20/h5-8,12H,4,9H2,1-3H3,(H,19,21)/t12-/m0/s1. The van der Waals surface area contributed by atoms with Gasteiger partial charge in [-0.3, -0.25) is 10.2 Å². The number of hydrazine groups is 1. The van der Waals surface area contributed by atoms with Crippen LogP contribution in [0, 0.1) is 5.41 Å². The molecule has 1 heterocycles. The second-order valence-electron chi connectivity index (χ2n) is 5.87. The summed E-state index contributed by atoms with van der Waals surface area (Å²) in [6.45, 7) is 5.17. The van der Waals surface area contributed by atoms with Gasteiger partial charge in [0.15, 0.2) is 6.04 Å². The summed E-state index contributed by atoms with van der Waals surface area (Å²) < 4.78 is 46.1. The van der Waals surface area contributed by atoms with E-state index in [1.165, 1.54) is 18.2 Å². The van der Waals surface area contributed by atoms with Crippen LogP contribution in [0.2, 0.25) is 0 Å². The van der Waals surface area contributed by atoms with Gasteiger partial charge < -0.3 is 4.74 Å². The third-order valence-electron chi connectivity index (χ3n) is 3.56. The number of carbonyl (C=O) groups is 1. The molecule has 4 nitrogen and oxygen atoms in total. The summed E-state index contributed by atoms with van der Waals surface area (Å²) in [7, 11) is 0. The normalized spacial score (nSPS) is 19.8. The predicted molar refractivity (Wildman–Crippen MR) is 75.0 cm³/mol. The van der Waals surface area contributed by atoms with Gasteiger partial charge >= 0.3 is 6.18 Å². The van der Waals surface area contributed by atoms with Gasteiger partial charge in [-0.15, -0.1) is 0 Å². The summed E-state index contributed by atoms with van der Waals surface area (Å²) in [5.41, 5.74) is 1.46. The Kier molecular flexibility index (Phi) is 4.37. The summed E-state index contributed by atoms with van der Waals surface area (Å²) >= 11 is 0. The molecule has 1 aliphatic rings. The largest absolute Gasteiger partial charge is 0.494 e. The highest BCUT2D eigenvalue weighted by Crippen LogP contribution is 2.43. The number of ether oxygens (including phenoxy) is 1. The molecule has 22 heavy (non-hydrogen) atoms. The highest BCUT2D eigenvalue weighted by molar-refractivity contribution is 5.83. The van der Waals surface area contributed by atoms with E-state index in [9.17, 15) is 18.0 Å². The van der Waals surface area contributed by atoms with Crippen LogP contribution in [0.15, 0.2) is 24.3 Å². The molecule has 2 rings (SSSR count). The third-order valence-corrected chi connectivity index (χ3v) is 3.56. The second-order valence-corrected chi connectivity index (χ2v) is 5.87. The number of nitrogens with zero attached hydrogens (tertiary/aromatic N) is 1. The van der Waals surface area contributed by atoms with Crippen LogP contribution in [0.1, 0.15) is 32.4 Å². The van der Waals surface area contributed by atoms with Gasteiger partial charge in [0.25, 0.3) is 0 Å². The van der Waals surface area contributed by atoms with Crippen molar-refractivity contribution in [3.63, 3.8) is 0 Å². The Balaban J connectivity index is 2.43. The topological polar surface area (TPSA) is 41.6 Å². The first-order chi connectivity index (χ1) is 10.2. The zero-order valence-electron chi connectivity index (χ0n) is 12.7. The summed E-state index contributed by atoms with van der Waals surface area (Å²) in [6.07, 6.45) is -4.54. The number of hydrogen-bond donors (Lipinski definition) is 1. The molecule has 1 fully saturated rings. The van der Waals surface area contributed by atoms with Crippen LogP contribution in [-0.2, 0) is 4.79 Å². The molecule has 1 saturated heterocycles. The maximum Gasteiger partial charge on any atom is 0.410 e. The van der Waals surface area contributed by atoms with E-state index < -0.39 is 23.5 Å². The SMILES string of the molecule is CCOc1ccccc1[C@H](N1CC(C)(C)C(=O)N1)C(F)(F)F. The van der Waals surface area contributed by atoms with Crippen LogP contribution in [0.25, 0.3) is 0 Å². The zero-order chi connectivity index (χ0) is 16.5. The maximum atomic E-state index is 13.6. The lowest BCUT2D eigenvalue weighted by Gasteiger charge is -2.30. The number of benzene rings is 1. The summed E-state index contributed by atoms with van der Waals surface area (Å²) in [6, 6.07) is 4.08. The number of halogens is 3. The average Bonchev–Trinajstić information content (AvgIpc) is 2.64. The van der Waals surface area contributed by atoms with Gasteiger partial charge in [-0.05, 0) is 26.8 Å². The van der Waals surface area contributed by atoms with Crippen LogP contribution < -0.4 is 10.2 Å². The van der Waals surface area contributed by atoms with Crippen molar-refractivity contribution in [1.29, 1.82) is 0 Å². The van der Waals surface area contributed by atoms with Crippen LogP contribution in [0.4, 0.5) is 13.2 Å². The molecule has 0 radical (unpaired) electrons. The van der Waals surface area contributed by atoms with Gasteiger partial charge in [-0.2, -0.15) is 13.2 Å². The van der Waals surface area contributed by atoms with E-state index in [0.29, 0.717) is 0 Å². The monoisotopic (exact) mass is 316 g/mol. The summed E-state index contributed by atoms with van der Waals surface area (Å²) in [5, 5.41) is 0.945. The first kappa shape index (κ1) is 16.6. The zero-order valence-corrected chi connectivity index (χ0v) is 12.7. The molecule has 7 heteroatoms. The molecular formula is C15H19F3N2O2. The highest BCUT2D eigenvalue weighted by atomic mass is 19.4. The van der Waals surface area contributed by atoms with Crippen LogP contribution in [0.5, 0.6) is 5.75 Å². The molecule has 0 aromatic heterocycles. The fraction of sp³-hybridized carbons (Fsp3) is 0.533. The predicted octanol–water partition coefficient (Wildman–Crippen LogP) is 3.06. The highest BCUT2D eigenvalue weighted by Gasteiger charge is 2.51. The van der Waals surface area contributed by atoms with Crippen LogP contribution in [-0.4, -0.2) is 30.2 Å². The van der Waals surface area contributed by atoms with Crippen molar-refractivity contribution in [2.75, 3.05) is 13.2 Å². The number of hydrogen-bond acceptors (Lipinski definition) is 3. The third kappa shape index (κ3) is 3.19. The Morgan fingerprint density at radius 1 is 1.36 bits per heavy atom. The molecule has 0 unspecified atom stereocenters. The van der Waals surface area contributed by atoms with Gasteiger partial charge in [-0.25, -0.2) is 5.01 Å². The van der Waals surface area contributed by atoms with E-state index in [0.717, 1.165) is 5.01 Å². The van der Waals surface area contributed by atoms with Gasteiger partial charge in [-0.1, -0.05) is 18.2 Å². The van der Waals surface area contributed by atoms with E-state index in [1.54, 1.807) is 26.8 Å². The van der Waals surface area contributed by atoms with E-state index in [4.69, 9.17) is 4.74 Å². The molecule has 1 N–H and O–H groups in total.